The van der Waals surface area contributed by atoms with Crippen molar-refractivity contribution in [1.82, 2.24) is 5.32 Å². The highest BCUT2D eigenvalue weighted by atomic mass is 35.5. The molecule has 1 atom stereocenters. The van der Waals surface area contributed by atoms with Gasteiger partial charge in [-0.3, -0.25) is 9.59 Å². The summed E-state index contributed by atoms with van der Waals surface area (Å²) in [6, 6.07) is 14.7. The Balaban J connectivity index is 1.86. The zero-order valence-electron chi connectivity index (χ0n) is 16.8. The van der Waals surface area contributed by atoms with Crippen molar-refractivity contribution in [2.45, 2.75) is 19.8 Å². The van der Waals surface area contributed by atoms with Gasteiger partial charge in [-0.15, -0.1) is 0 Å². The van der Waals surface area contributed by atoms with Gasteiger partial charge in [-0.25, -0.2) is 4.39 Å². The fourth-order valence-corrected chi connectivity index (χ4v) is 4.37. The van der Waals surface area contributed by atoms with Crippen LogP contribution in [0.25, 0.3) is 0 Å². The minimum absolute atomic E-state index is 0.0287. The smallest absolute Gasteiger partial charge is 0.234 e. The van der Waals surface area contributed by atoms with E-state index in [-0.39, 0.29) is 23.3 Å². The van der Waals surface area contributed by atoms with E-state index in [1.807, 2.05) is 0 Å². The fourth-order valence-electron chi connectivity index (χ4n) is 3.35. The SMILES string of the molecule is CC(=O)C1=C(C)NC(SCC(=O)Nc2ccc(F)cc2)=C(C#N)[C@@H]1c1ccc(Cl)cc1. The average Bonchev–Trinajstić information content (AvgIpc) is 2.73. The van der Waals surface area contributed by atoms with Crippen LogP contribution in [-0.4, -0.2) is 17.4 Å². The molecule has 0 fully saturated rings. The zero-order chi connectivity index (χ0) is 22.5. The van der Waals surface area contributed by atoms with Crippen LogP contribution in [0.4, 0.5) is 10.1 Å². The molecule has 0 saturated carbocycles. The fraction of sp³-hybridized carbons (Fsp3) is 0.174. The number of hydrogen-bond donors (Lipinski definition) is 2. The van der Waals surface area contributed by atoms with Crippen LogP contribution in [0.1, 0.15) is 25.3 Å². The first kappa shape index (κ1) is 22.6. The molecule has 1 heterocycles. The maximum Gasteiger partial charge on any atom is 0.234 e. The number of Topliss-reactive ketones (excluding diaryl/α,β-unsaturated/α-hetero) is 1. The van der Waals surface area contributed by atoms with Gasteiger partial charge in [-0.2, -0.15) is 5.26 Å². The van der Waals surface area contributed by atoms with Gasteiger partial charge < -0.3 is 10.6 Å². The summed E-state index contributed by atoms with van der Waals surface area (Å²) >= 11 is 7.17. The van der Waals surface area contributed by atoms with Crippen molar-refractivity contribution in [3.63, 3.8) is 0 Å². The molecule has 2 N–H and O–H groups in total. The number of nitrogens with one attached hydrogen (secondary N) is 2. The number of carbonyl (C=O) groups is 2. The summed E-state index contributed by atoms with van der Waals surface area (Å²) in [5, 5.41) is 16.8. The van der Waals surface area contributed by atoms with Crippen LogP contribution >= 0.6 is 23.4 Å². The molecular formula is C23H19ClFN3O2S. The number of benzene rings is 2. The Hall–Kier alpha value is -3.08. The normalized spacial score (nSPS) is 15.9. The topological polar surface area (TPSA) is 82.0 Å². The van der Waals surface area contributed by atoms with Crippen LogP contribution in [0.15, 0.2) is 70.4 Å². The number of hydrogen-bond acceptors (Lipinski definition) is 5. The number of halogens is 2. The Kier molecular flexibility index (Phi) is 7.16. The van der Waals surface area contributed by atoms with E-state index >= 15 is 0 Å². The Labute approximate surface area is 189 Å². The molecule has 3 rings (SSSR count). The lowest BCUT2D eigenvalue weighted by molar-refractivity contribution is -0.114. The lowest BCUT2D eigenvalue weighted by Crippen LogP contribution is -2.27. The first-order valence-corrected chi connectivity index (χ1v) is 10.7. The molecule has 1 amide bonds. The van der Waals surface area contributed by atoms with Gasteiger partial charge in [0.25, 0.3) is 0 Å². The van der Waals surface area contributed by atoms with Gasteiger partial charge in [0, 0.05) is 22.0 Å². The molecule has 2 aromatic carbocycles. The van der Waals surface area contributed by atoms with Crippen molar-refractivity contribution in [1.29, 1.82) is 5.26 Å². The molecule has 1 aliphatic heterocycles. The summed E-state index contributed by atoms with van der Waals surface area (Å²) in [4.78, 5) is 24.7. The van der Waals surface area contributed by atoms with E-state index in [1.165, 1.54) is 43.0 Å². The highest BCUT2D eigenvalue weighted by molar-refractivity contribution is 8.03. The number of ketones is 1. The molecule has 0 saturated heterocycles. The van der Waals surface area contributed by atoms with Crippen LogP contribution in [-0.2, 0) is 9.59 Å². The number of thioether (sulfide) groups is 1. The van der Waals surface area contributed by atoms with Crippen molar-refractivity contribution < 1.29 is 14.0 Å². The monoisotopic (exact) mass is 455 g/mol. The summed E-state index contributed by atoms with van der Waals surface area (Å²) in [7, 11) is 0. The molecule has 0 aliphatic carbocycles. The average molecular weight is 456 g/mol. The maximum atomic E-state index is 13.0. The second-order valence-electron chi connectivity index (χ2n) is 6.90. The summed E-state index contributed by atoms with van der Waals surface area (Å²) in [6.45, 7) is 3.24. The van der Waals surface area contributed by atoms with Gasteiger partial charge in [0.1, 0.15) is 5.82 Å². The first-order chi connectivity index (χ1) is 14.8. The number of amides is 1. The van der Waals surface area contributed by atoms with Crippen LogP contribution < -0.4 is 10.6 Å². The minimum atomic E-state index is -0.552. The lowest BCUT2D eigenvalue weighted by atomic mass is 9.81. The summed E-state index contributed by atoms with van der Waals surface area (Å²) in [6.07, 6.45) is 0. The highest BCUT2D eigenvalue weighted by Crippen LogP contribution is 2.41. The van der Waals surface area contributed by atoms with Gasteiger partial charge in [0.15, 0.2) is 5.78 Å². The van der Waals surface area contributed by atoms with Crippen molar-refractivity contribution in [3.05, 3.63) is 86.8 Å². The molecule has 0 bridgehead atoms. The van der Waals surface area contributed by atoms with Gasteiger partial charge in [-0.1, -0.05) is 35.5 Å². The van der Waals surface area contributed by atoms with Gasteiger partial charge in [-0.05, 0) is 55.8 Å². The van der Waals surface area contributed by atoms with E-state index in [2.05, 4.69) is 16.7 Å². The molecule has 0 aromatic heterocycles. The predicted octanol–water partition coefficient (Wildman–Crippen LogP) is 5.14. The summed E-state index contributed by atoms with van der Waals surface area (Å²) in [5.41, 5.74) is 2.73. The van der Waals surface area contributed by atoms with Crippen LogP contribution in [0, 0.1) is 17.1 Å². The largest absolute Gasteiger partial charge is 0.353 e. The zero-order valence-corrected chi connectivity index (χ0v) is 18.4. The first-order valence-electron chi connectivity index (χ1n) is 9.36. The van der Waals surface area contributed by atoms with Crippen molar-refractivity contribution in [3.8, 4) is 6.07 Å². The number of anilines is 1. The molecule has 0 spiro atoms. The Morgan fingerprint density at radius 3 is 2.42 bits per heavy atom. The predicted molar refractivity (Wildman–Crippen MR) is 121 cm³/mol. The van der Waals surface area contributed by atoms with Crippen molar-refractivity contribution in [2.24, 2.45) is 0 Å². The van der Waals surface area contributed by atoms with E-state index in [9.17, 15) is 19.2 Å². The molecule has 2 aromatic rings. The van der Waals surface area contributed by atoms with E-state index in [1.54, 1.807) is 31.2 Å². The number of nitriles is 1. The summed E-state index contributed by atoms with van der Waals surface area (Å²) < 4.78 is 13.0. The highest BCUT2D eigenvalue weighted by Gasteiger charge is 2.33. The van der Waals surface area contributed by atoms with Crippen LogP contribution in [0.3, 0.4) is 0 Å². The van der Waals surface area contributed by atoms with Crippen LogP contribution in [0.2, 0.25) is 5.02 Å². The molecule has 1 aliphatic rings. The number of nitrogens with zero attached hydrogens (tertiary/aromatic N) is 1. The maximum absolute atomic E-state index is 13.0. The lowest BCUT2D eigenvalue weighted by Gasteiger charge is -2.29. The Morgan fingerprint density at radius 1 is 1.19 bits per heavy atom. The third-order valence-corrected chi connectivity index (χ3v) is 5.97. The van der Waals surface area contributed by atoms with Crippen molar-refractivity contribution >= 4 is 40.7 Å². The van der Waals surface area contributed by atoms with E-state index in [0.717, 1.165) is 5.56 Å². The second-order valence-corrected chi connectivity index (χ2v) is 8.32. The molecule has 0 radical (unpaired) electrons. The molecule has 5 nitrogen and oxygen atoms in total. The molecular weight excluding hydrogens is 437 g/mol. The van der Waals surface area contributed by atoms with Crippen molar-refractivity contribution in [2.75, 3.05) is 11.1 Å². The van der Waals surface area contributed by atoms with Gasteiger partial charge in [0.05, 0.1) is 28.3 Å². The summed E-state index contributed by atoms with van der Waals surface area (Å²) in [5.74, 6) is -1.36. The minimum Gasteiger partial charge on any atom is -0.353 e. The molecule has 8 heteroatoms. The Bertz CT molecular complexity index is 1120. The van der Waals surface area contributed by atoms with E-state index in [0.29, 0.717) is 32.6 Å². The number of carbonyl (C=O) groups excluding carboxylic acids is 2. The van der Waals surface area contributed by atoms with E-state index in [4.69, 9.17) is 11.6 Å². The van der Waals surface area contributed by atoms with Gasteiger partial charge in [0.2, 0.25) is 5.91 Å². The van der Waals surface area contributed by atoms with Crippen LogP contribution in [0.5, 0.6) is 0 Å². The van der Waals surface area contributed by atoms with E-state index < -0.39 is 5.92 Å². The number of rotatable bonds is 6. The standard InChI is InChI=1S/C23H19ClFN3O2S/c1-13-21(14(2)29)22(15-3-5-16(24)6-4-15)19(11-26)23(27-13)31-12-20(30)28-18-9-7-17(25)8-10-18/h3-10,22,27H,12H2,1-2H3,(H,28,30)/t22-/m0/s1. The number of allylic oxidation sites excluding steroid dienone is 3. The molecule has 158 valence electrons. The molecule has 0 unspecified atom stereocenters. The third-order valence-electron chi connectivity index (χ3n) is 4.71. The Morgan fingerprint density at radius 2 is 1.84 bits per heavy atom. The molecule has 31 heavy (non-hydrogen) atoms. The quantitative estimate of drug-likeness (QED) is 0.630. The number of dihydropyridines is 1. The third kappa shape index (κ3) is 5.35. The second kappa shape index (κ2) is 9.82. The van der Waals surface area contributed by atoms with Gasteiger partial charge >= 0.3 is 0 Å².